The Balaban J connectivity index is 1.79. The molecule has 0 amide bonds. The summed E-state index contributed by atoms with van der Waals surface area (Å²) in [6, 6.07) is 1.96. The number of furan rings is 1. The van der Waals surface area contributed by atoms with E-state index in [0.29, 0.717) is 0 Å². The molecule has 0 aromatic carbocycles. The second-order valence-corrected chi connectivity index (χ2v) is 5.68. The van der Waals surface area contributed by atoms with Crippen molar-refractivity contribution in [3.05, 3.63) is 22.6 Å². The minimum absolute atomic E-state index is 0.0475. The maximum Gasteiger partial charge on any atom is 0.134 e. The first kappa shape index (κ1) is 12.2. The molecule has 1 saturated carbocycles. The molecular formula is C13H20BrNO. The number of halogens is 1. The van der Waals surface area contributed by atoms with Gasteiger partial charge >= 0.3 is 0 Å². The smallest absolute Gasteiger partial charge is 0.134 e. The molecule has 0 aliphatic heterocycles. The number of rotatable bonds is 4. The Hall–Kier alpha value is -0.280. The lowest BCUT2D eigenvalue weighted by molar-refractivity contribution is 0.316. The van der Waals surface area contributed by atoms with Gasteiger partial charge < -0.3 is 10.2 Å². The highest BCUT2D eigenvalue weighted by Crippen LogP contribution is 2.31. The van der Waals surface area contributed by atoms with E-state index in [1.54, 1.807) is 6.26 Å². The van der Waals surface area contributed by atoms with Gasteiger partial charge in [-0.25, -0.2) is 0 Å². The Bertz CT molecular complexity index is 317. The van der Waals surface area contributed by atoms with Crippen molar-refractivity contribution in [3.8, 4) is 0 Å². The number of hydrogen-bond acceptors (Lipinski definition) is 2. The first-order valence-electron chi connectivity index (χ1n) is 6.26. The van der Waals surface area contributed by atoms with Crippen molar-refractivity contribution < 1.29 is 4.42 Å². The van der Waals surface area contributed by atoms with Crippen LogP contribution in [0.1, 0.15) is 56.7 Å². The molecule has 1 aliphatic rings. The zero-order valence-electron chi connectivity index (χ0n) is 9.62. The Labute approximate surface area is 106 Å². The molecule has 0 spiro atoms. The van der Waals surface area contributed by atoms with Crippen LogP contribution in [0.5, 0.6) is 0 Å². The van der Waals surface area contributed by atoms with Crippen LogP contribution >= 0.6 is 15.9 Å². The third-order valence-electron chi connectivity index (χ3n) is 3.59. The van der Waals surface area contributed by atoms with Crippen LogP contribution in [0, 0.1) is 5.92 Å². The maximum absolute atomic E-state index is 6.13. The van der Waals surface area contributed by atoms with Gasteiger partial charge in [0, 0.05) is 0 Å². The van der Waals surface area contributed by atoms with Crippen LogP contribution in [0.3, 0.4) is 0 Å². The highest BCUT2D eigenvalue weighted by molar-refractivity contribution is 9.10. The molecule has 2 N–H and O–H groups in total. The zero-order valence-corrected chi connectivity index (χ0v) is 11.2. The third kappa shape index (κ3) is 3.11. The first-order valence-corrected chi connectivity index (χ1v) is 7.05. The van der Waals surface area contributed by atoms with Crippen molar-refractivity contribution in [2.24, 2.45) is 11.7 Å². The van der Waals surface area contributed by atoms with E-state index in [0.717, 1.165) is 22.6 Å². The minimum atomic E-state index is 0.0475. The van der Waals surface area contributed by atoms with Gasteiger partial charge in [0.25, 0.3) is 0 Å². The molecule has 2 nitrogen and oxygen atoms in total. The lowest BCUT2D eigenvalue weighted by atomic mass is 9.85. The molecule has 1 aromatic heterocycles. The second kappa shape index (κ2) is 5.87. The van der Waals surface area contributed by atoms with Gasteiger partial charge in [-0.05, 0) is 40.8 Å². The largest absolute Gasteiger partial charge is 0.466 e. The van der Waals surface area contributed by atoms with Gasteiger partial charge in [-0.2, -0.15) is 0 Å². The van der Waals surface area contributed by atoms with Crippen LogP contribution in [0.25, 0.3) is 0 Å². The lowest BCUT2D eigenvalue weighted by Crippen LogP contribution is -2.13. The molecule has 3 heteroatoms. The second-order valence-electron chi connectivity index (χ2n) is 4.82. The van der Waals surface area contributed by atoms with Crippen LogP contribution in [-0.4, -0.2) is 0 Å². The highest BCUT2D eigenvalue weighted by atomic mass is 79.9. The fourth-order valence-corrected chi connectivity index (χ4v) is 3.09. The van der Waals surface area contributed by atoms with Gasteiger partial charge in [-0.3, -0.25) is 0 Å². The molecule has 0 saturated heterocycles. The van der Waals surface area contributed by atoms with Crippen LogP contribution in [-0.2, 0) is 0 Å². The summed E-state index contributed by atoms with van der Waals surface area (Å²) in [5.74, 6) is 1.80. The van der Waals surface area contributed by atoms with Crippen LogP contribution in [0.2, 0.25) is 0 Å². The summed E-state index contributed by atoms with van der Waals surface area (Å²) in [4.78, 5) is 0. The molecule has 1 aliphatic carbocycles. The molecule has 90 valence electrons. The van der Waals surface area contributed by atoms with Crippen molar-refractivity contribution in [3.63, 3.8) is 0 Å². The van der Waals surface area contributed by atoms with Crippen molar-refractivity contribution >= 4 is 15.9 Å². The topological polar surface area (TPSA) is 39.2 Å². The first-order chi connectivity index (χ1) is 7.77. The summed E-state index contributed by atoms with van der Waals surface area (Å²) in [6.45, 7) is 0. The summed E-state index contributed by atoms with van der Waals surface area (Å²) in [5, 5.41) is 0. The van der Waals surface area contributed by atoms with Crippen molar-refractivity contribution in [1.82, 2.24) is 0 Å². The molecule has 0 radical (unpaired) electrons. The SMILES string of the molecule is NC(CCC1CCCCC1)c1occc1Br. The predicted octanol–water partition coefficient (Wildman–Crippen LogP) is 4.40. The average molecular weight is 286 g/mol. The van der Waals surface area contributed by atoms with E-state index < -0.39 is 0 Å². The van der Waals surface area contributed by atoms with E-state index in [1.165, 1.54) is 38.5 Å². The molecule has 1 atom stereocenters. The molecule has 1 fully saturated rings. The van der Waals surface area contributed by atoms with Crippen LogP contribution in [0.4, 0.5) is 0 Å². The summed E-state index contributed by atoms with van der Waals surface area (Å²) in [6.07, 6.45) is 11.0. The molecule has 1 heterocycles. The monoisotopic (exact) mass is 285 g/mol. The Morgan fingerprint density at radius 1 is 1.38 bits per heavy atom. The van der Waals surface area contributed by atoms with Crippen molar-refractivity contribution in [1.29, 1.82) is 0 Å². The molecule has 1 unspecified atom stereocenters. The average Bonchev–Trinajstić information content (AvgIpc) is 2.74. The normalized spacial score (nSPS) is 19.9. The van der Waals surface area contributed by atoms with E-state index >= 15 is 0 Å². The molecule has 2 rings (SSSR count). The Morgan fingerprint density at radius 3 is 2.75 bits per heavy atom. The summed E-state index contributed by atoms with van der Waals surface area (Å²) in [7, 11) is 0. The standard InChI is InChI=1S/C13H20BrNO/c14-11-8-9-16-13(11)12(15)7-6-10-4-2-1-3-5-10/h8-10,12H,1-7,15H2. The van der Waals surface area contributed by atoms with E-state index in [4.69, 9.17) is 10.2 Å². The lowest BCUT2D eigenvalue weighted by Gasteiger charge is -2.22. The van der Waals surface area contributed by atoms with E-state index in [9.17, 15) is 0 Å². The van der Waals surface area contributed by atoms with E-state index in [1.807, 2.05) is 6.07 Å². The van der Waals surface area contributed by atoms with E-state index in [-0.39, 0.29) is 6.04 Å². The number of hydrogen-bond donors (Lipinski definition) is 1. The van der Waals surface area contributed by atoms with Gasteiger partial charge in [-0.15, -0.1) is 0 Å². The van der Waals surface area contributed by atoms with Crippen molar-refractivity contribution in [2.45, 2.75) is 51.0 Å². The summed E-state index contributed by atoms with van der Waals surface area (Å²) in [5.41, 5.74) is 6.13. The quantitative estimate of drug-likeness (QED) is 0.890. The minimum Gasteiger partial charge on any atom is -0.466 e. The fraction of sp³-hybridized carbons (Fsp3) is 0.692. The maximum atomic E-state index is 6.13. The van der Waals surface area contributed by atoms with Gasteiger partial charge in [0.2, 0.25) is 0 Å². The molecular weight excluding hydrogens is 266 g/mol. The molecule has 16 heavy (non-hydrogen) atoms. The molecule has 1 aromatic rings. The molecule has 0 bridgehead atoms. The van der Waals surface area contributed by atoms with Gasteiger partial charge in [0.15, 0.2) is 0 Å². The fourth-order valence-electron chi connectivity index (χ4n) is 2.59. The Kier molecular flexibility index (Phi) is 4.47. The predicted molar refractivity (Wildman–Crippen MR) is 69.1 cm³/mol. The highest BCUT2D eigenvalue weighted by Gasteiger charge is 2.18. The Morgan fingerprint density at radius 2 is 2.12 bits per heavy atom. The van der Waals surface area contributed by atoms with Crippen LogP contribution < -0.4 is 5.73 Å². The van der Waals surface area contributed by atoms with Gasteiger partial charge in [0.1, 0.15) is 5.76 Å². The summed E-state index contributed by atoms with van der Waals surface area (Å²) >= 11 is 3.46. The van der Waals surface area contributed by atoms with Crippen molar-refractivity contribution in [2.75, 3.05) is 0 Å². The van der Waals surface area contributed by atoms with E-state index in [2.05, 4.69) is 15.9 Å². The third-order valence-corrected chi connectivity index (χ3v) is 4.25. The van der Waals surface area contributed by atoms with Gasteiger partial charge in [-0.1, -0.05) is 32.1 Å². The zero-order chi connectivity index (χ0) is 11.4. The van der Waals surface area contributed by atoms with Crippen LogP contribution in [0.15, 0.2) is 21.2 Å². The number of nitrogens with two attached hydrogens (primary N) is 1. The summed E-state index contributed by atoms with van der Waals surface area (Å²) < 4.78 is 6.40. The van der Waals surface area contributed by atoms with Gasteiger partial charge in [0.05, 0.1) is 16.8 Å².